The van der Waals surface area contributed by atoms with E-state index in [0.717, 1.165) is 24.2 Å². The molecule has 1 aliphatic carbocycles. The minimum absolute atomic E-state index is 0.0368. The molecule has 0 spiro atoms. The number of hydrogen-bond acceptors (Lipinski definition) is 4. The predicted octanol–water partition coefficient (Wildman–Crippen LogP) is 1.42. The van der Waals surface area contributed by atoms with Gasteiger partial charge < -0.3 is 9.64 Å². The zero-order valence-corrected chi connectivity index (χ0v) is 13.5. The molecule has 3 rings (SSSR count). The Morgan fingerprint density at radius 1 is 1.18 bits per heavy atom. The number of methoxy groups -OCH3 is 1. The summed E-state index contributed by atoms with van der Waals surface area (Å²) in [6, 6.07) is 7.54. The molecule has 22 heavy (non-hydrogen) atoms. The maximum absolute atomic E-state index is 12.6. The Morgan fingerprint density at radius 3 is 2.36 bits per heavy atom. The molecule has 0 radical (unpaired) electrons. The van der Waals surface area contributed by atoms with Crippen molar-refractivity contribution in [3.8, 4) is 5.75 Å². The Bertz CT molecular complexity index is 649. The smallest absolute Gasteiger partial charge is 0.227 e. The molecule has 6 heteroatoms. The van der Waals surface area contributed by atoms with Crippen molar-refractivity contribution in [1.82, 2.24) is 4.90 Å². The van der Waals surface area contributed by atoms with Gasteiger partial charge in [0.15, 0.2) is 9.84 Å². The molecule has 1 unspecified atom stereocenters. The lowest BCUT2D eigenvalue weighted by Crippen LogP contribution is -2.43. The van der Waals surface area contributed by atoms with Gasteiger partial charge in [0.05, 0.1) is 25.0 Å². The van der Waals surface area contributed by atoms with Crippen molar-refractivity contribution in [3.63, 3.8) is 0 Å². The fraction of sp³-hybridized carbons (Fsp3) is 0.562. The Hall–Kier alpha value is -1.56. The Kier molecular flexibility index (Phi) is 4.12. The van der Waals surface area contributed by atoms with Crippen LogP contribution in [0.4, 0.5) is 0 Å². The number of carbonyl (C=O) groups excluding carboxylic acids is 1. The highest BCUT2D eigenvalue weighted by Gasteiger charge is 2.41. The second-order valence-corrected chi connectivity index (χ2v) is 8.34. The van der Waals surface area contributed by atoms with Gasteiger partial charge >= 0.3 is 0 Å². The summed E-state index contributed by atoms with van der Waals surface area (Å²) in [5.41, 5.74) is 0.928. The first-order chi connectivity index (χ1) is 10.5. The minimum atomic E-state index is -2.97. The van der Waals surface area contributed by atoms with E-state index in [1.807, 2.05) is 29.2 Å². The van der Waals surface area contributed by atoms with Crippen LogP contribution in [0.3, 0.4) is 0 Å². The first kappa shape index (κ1) is 15.3. The van der Waals surface area contributed by atoms with Gasteiger partial charge in [0, 0.05) is 12.1 Å². The summed E-state index contributed by atoms with van der Waals surface area (Å²) in [4.78, 5) is 14.5. The minimum Gasteiger partial charge on any atom is -0.497 e. The van der Waals surface area contributed by atoms with Gasteiger partial charge in [-0.05, 0) is 37.0 Å². The van der Waals surface area contributed by atoms with Crippen LogP contribution in [0, 0.1) is 0 Å². The third kappa shape index (κ3) is 3.43. The summed E-state index contributed by atoms with van der Waals surface area (Å²) >= 11 is 0. The van der Waals surface area contributed by atoms with Crippen molar-refractivity contribution in [2.45, 2.75) is 37.8 Å². The van der Waals surface area contributed by atoms with Crippen LogP contribution < -0.4 is 4.74 Å². The number of carbonyl (C=O) groups is 1. The number of nitrogens with zero attached hydrogens (tertiary/aromatic N) is 1. The van der Waals surface area contributed by atoms with E-state index in [4.69, 9.17) is 4.74 Å². The largest absolute Gasteiger partial charge is 0.497 e. The molecule has 2 aliphatic rings. The molecular formula is C16H21NO4S. The quantitative estimate of drug-likeness (QED) is 0.822. The van der Waals surface area contributed by atoms with E-state index in [9.17, 15) is 13.2 Å². The molecule has 2 fully saturated rings. The summed E-state index contributed by atoms with van der Waals surface area (Å²) in [7, 11) is -1.37. The van der Waals surface area contributed by atoms with Crippen LogP contribution >= 0.6 is 0 Å². The van der Waals surface area contributed by atoms with Gasteiger partial charge in [-0.1, -0.05) is 12.1 Å². The van der Waals surface area contributed by atoms with E-state index in [1.165, 1.54) is 0 Å². The SMILES string of the molecule is COc1ccc(CC(=O)N(C2CC2)C2CCS(=O)(=O)C2)cc1. The molecule has 0 bridgehead atoms. The van der Waals surface area contributed by atoms with E-state index >= 15 is 0 Å². The van der Waals surface area contributed by atoms with Gasteiger partial charge in [-0.2, -0.15) is 0 Å². The first-order valence-electron chi connectivity index (χ1n) is 7.63. The van der Waals surface area contributed by atoms with Gasteiger partial charge in [-0.15, -0.1) is 0 Å². The van der Waals surface area contributed by atoms with Gasteiger partial charge in [0.2, 0.25) is 5.91 Å². The van der Waals surface area contributed by atoms with Crippen LogP contribution in [-0.4, -0.2) is 49.9 Å². The monoisotopic (exact) mass is 323 g/mol. The van der Waals surface area contributed by atoms with E-state index in [-0.39, 0.29) is 29.5 Å². The summed E-state index contributed by atoms with van der Waals surface area (Å²) in [5.74, 6) is 1.13. The predicted molar refractivity (Wildman–Crippen MR) is 83.6 cm³/mol. The number of rotatable bonds is 5. The summed E-state index contributed by atoms with van der Waals surface area (Å²) in [6.45, 7) is 0. The molecule has 1 aromatic carbocycles. The highest BCUT2D eigenvalue weighted by molar-refractivity contribution is 7.91. The number of amides is 1. The Morgan fingerprint density at radius 2 is 1.86 bits per heavy atom. The molecule has 120 valence electrons. The van der Waals surface area contributed by atoms with Crippen LogP contribution in [0.25, 0.3) is 0 Å². The van der Waals surface area contributed by atoms with Crippen LogP contribution in [0.15, 0.2) is 24.3 Å². The summed E-state index contributed by atoms with van der Waals surface area (Å²) in [6.07, 6.45) is 2.88. The van der Waals surface area contributed by atoms with Crippen molar-refractivity contribution in [3.05, 3.63) is 29.8 Å². The molecule has 0 N–H and O–H groups in total. The molecule has 5 nitrogen and oxygen atoms in total. The Balaban J connectivity index is 1.70. The lowest BCUT2D eigenvalue weighted by Gasteiger charge is -2.28. The van der Waals surface area contributed by atoms with E-state index in [2.05, 4.69) is 0 Å². The van der Waals surface area contributed by atoms with Gasteiger partial charge in [0.25, 0.3) is 0 Å². The van der Waals surface area contributed by atoms with E-state index in [1.54, 1.807) is 7.11 Å². The van der Waals surface area contributed by atoms with Crippen LogP contribution in [0.5, 0.6) is 5.75 Å². The molecule has 0 aromatic heterocycles. The molecule has 1 heterocycles. The van der Waals surface area contributed by atoms with Crippen molar-refractivity contribution in [2.75, 3.05) is 18.6 Å². The van der Waals surface area contributed by atoms with E-state index in [0.29, 0.717) is 12.8 Å². The van der Waals surface area contributed by atoms with Gasteiger partial charge in [-0.3, -0.25) is 4.79 Å². The third-order valence-electron chi connectivity index (χ3n) is 4.34. The zero-order valence-electron chi connectivity index (χ0n) is 12.7. The number of benzene rings is 1. The average Bonchev–Trinajstić information content (AvgIpc) is 3.24. The average molecular weight is 323 g/mol. The maximum atomic E-state index is 12.6. The number of ether oxygens (including phenoxy) is 1. The van der Waals surface area contributed by atoms with Crippen LogP contribution in [0.2, 0.25) is 0 Å². The summed E-state index contributed by atoms with van der Waals surface area (Å²) < 4.78 is 28.5. The molecule has 1 aromatic rings. The maximum Gasteiger partial charge on any atom is 0.227 e. The fourth-order valence-electron chi connectivity index (χ4n) is 3.06. The number of sulfone groups is 1. The zero-order chi connectivity index (χ0) is 15.7. The topological polar surface area (TPSA) is 63.7 Å². The second-order valence-electron chi connectivity index (χ2n) is 6.11. The number of hydrogen-bond donors (Lipinski definition) is 0. The lowest BCUT2D eigenvalue weighted by atomic mass is 10.1. The van der Waals surface area contributed by atoms with Crippen LogP contribution in [-0.2, 0) is 21.1 Å². The third-order valence-corrected chi connectivity index (χ3v) is 6.09. The normalized spacial score (nSPS) is 23.2. The van der Waals surface area contributed by atoms with Crippen LogP contribution in [0.1, 0.15) is 24.8 Å². The highest BCUT2D eigenvalue weighted by Crippen LogP contribution is 2.32. The van der Waals surface area contributed by atoms with Crippen molar-refractivity contribution in [2.24, 2.45) is 0 Å². The molecule has 1 amide bonds. The van der Waals surface area contributed by atoms with Gasteiger partial charge in [0.1, 0.15) is 5.75 Å². The molecule has 1 atom stereocenters. The second kappa shape index (κ2) is 5.91. The van der Waals surface area contributed by atoms with Crippen molar-refractivity contribution < 1.29 is 17.9 Å². The molecule has 1 aliphatic heterocycles. The molecule has 1 saturated heterocycles. The first-order valence-corrected chi connectivity index (χ1v) is 9.45. The Labute approximate surface area is 131 Å². The lowest BCUT2D eigenvalue weighted by molar-refractivity contribution is -0.133. The van der Waals surface area contributed by atoms with Crippen molar-refractivity contribution in [1.29, 1.82) is 0 Å². The molecular weight excluding hydrogens is 302 g/mol. The molecule has 1 saturated carbocycles. The summed E-state index contributed by atoms with van der Waals surface area (Å²) in [5, 5.41) is 0. The van der Waals surface area contributed by atoms with Gasteiger partial charge in [-0.25, -0.2) is 8.42 Å². The van der Waals surface area contributed by atoms with Crippen molar-refractivity contribution >= 4 is 15.7 Å². The highest BCUT2D eigenvalue weighted by atomic mass is 32.2. The standard InChI is InChI=1S/C16H21NO4S/c1-21-15-6-2-12(3-7-15)10-16(18)17(13-4-5-13)14-8-9-22(19,20)11-14/h2-3,6-7,13-14H,4-5,8-11H2,1H3. The van der Waals surface area contributed by atoms with E-state index < -0.39 is 9.84 Å². The fourth-order valence-corrected chi connectivity index (χ4v) is 4.77.